The number of hydrogen-bond donors (Lipinski definition) is 0. The van der Waals surface area contributed by atoms with Gasteiger partial charge in [-0.3, -0.25) is 0 Å². The molecule has 0 aliphatic carbocycles. The van der Waals surface area contributed by atoms with E-state index in [0.717, 1.165) is 16.9 Å². The van der Waals surface area contributed by atoms with E-state index in [1.165, 1.54) is 5.56 Å². The number of aryl methyl sites for hydroxylation is 1. The van der Waals surface area contributed by atoms with Crippen LogP contribution < -0.4 is 4.74 Å². The highest BCUT2D eigenvalue weighted by Crippen LogP contribution is 2.11. The number of hydrogen-bond acceptors (Lipinski definition) is 1. The fraction of sp³-hybridized carbons (Fsp3) is 0.125. The minimum Gasteiger partial charge on any atom is -0.497 e. The fourth-order valence-corrected chi connectivity index (χ4v) is 1.57. The zero-order valence-electron chi connectivity index (χ0n) is 10.0. The van der Waals surface area contributed by atoms with Crippen molar-refractivity contribution in [3.8, 4) is 17.6 Å². The van der Waals surface area contributed by atoms with E-state index in [4.69, 9.17) is 4.74 Å². The second kappa shape index (κ2) is 5.23. The van der Waals surface area contributed by atoms with Crippen LogP contribution in [0.1, 0.15) is 16.7 Å². The van der Waals surface area contributed by atoms with Crippen molar-refractivity contribution in [1.82, 2.24) is 0 Å². The molecule has 1 heteroatoms. The lowest BCUT2D eigenvalue weighted by Gasteiger charge is -1.98. The van der Waals surface area contributed by atoms with Crippen LogP contribution in [0.5, 0.6) is 5.75 Å². The molecule has 0 fully saturated rings. The van der Waals surface area contributed by atoms with Crippen LogP contribution in [-0.4, -0.2) is 7.11 Å². The molecule has 2 aromatic rings. The molecule has 0 bridgehead atoms. The van der Waals surface area contributed by atoms with E-state index < -0.39 is 0 Å². The van der Waals surface area contributed by atoms with Crippen LogP contribution in [0.2, 0.25) is 0 Å². The van der Waals surface area contributed by atoms with E-state index in [9.17, 15) is 0 Å². The number of benzene rings is 2. The summed E-state index contributed by atoms with van der Waals surface area (Å²) < 4.78 is 5.16. The fourth-order valence-electron chi connectivity index (χ4n) is 1.57. The molecule has 0 aromatic heterocycles. The predicted molar refractivity (Wildman–Crippen MR) is 70.2 cm³/mol. The Morgan fingerprint density at radius 1 is 0.882 bits per heavy atom. The zero-order valence-corrected chi connectivity index (χ0v) is 10.0. The highest BCUT2D eigenvalue weighted by atomic mass is 16.5. The Bertz CT molecular complexity index is 573. The van der Waals surface area contributed by atoms with Gasteiger partial charge in [-0.25, -0.2) is 0 Å². The highest BCUT2D eigenvalue weighted by Gasteiger charge is 1.91. The Balaban J connectivity index is 2.26. The molecule has 0 heterocycles. The van der Waals surface area contributed by atoms with Gasteiger partial charge in [-0.1, -0.05) is 30.0 Å². The lowest BCUT2D eigenvalue weighted by molar-refractivity contribution is 0.414. The van der Waals surface area contributed by atoms with Crippen molar-refractivity contribution in [1.29, 1.82) is 0 Å². The van der Waals surface area contributed by atoms with Gasteiger partial charge in [0.15, 0.2) is 0 Å². The third-order valence-electron chi connectivity index (χ3n) is 2.44. The Kier molecular flexibility index (Phi) is 3.47. The van der Waals surface area contributed by atoms with Gasteiger partial charge < -0.3 is 4.74 Å². The average Bonchev–Trinajstić information content (AvgIpc) is 2.37. The standard InChI is InChI=1S/C16H14O/c1-13-5-3-6-14(11-13)9-10-15-7-4-8-16(12-15)17-2/h3-8,11-12H,1-2H3. The van der Waals surface area contributed by atoms with Gasteiger partial charge in [-0.15, -0.1) is 0 Å². The zero-order chi connectivity index (χ0) is 12.1. The van der Waals surface area contributed by atoms with Crippen molar-refractivity contribution in [2.45, 2.75) is 6.92 Å². The maximum atomic E-state index is 5.16. The first kappa shape index (κ1) is 11.3. The SMILES string of the molecule is COc1cccc(C#Cc2cccc(C)c2)c1. The molecule has 0 saturated carbocycles. The summed E-state index contributed by atoms with van der Waals surface area (Å²) in [5, 5.41) is 0. The maximum absolute atomic E-state index is 5.16. The van der Waals surface area contributed by atoms with E-state index in [1.54, 1.807) is 7.11 Å². The van der Waals surface area contributed by atoms with Crippen LogP contribution in [-0.2, 0) is 0 Å². The first-order chi connectivity index (χ1) is 8.28. The van der Waals surface area contributed by atoms with Crippen LogP contribution in [0, 0.1) is 18.8 Å². The Labute approximate surface area is 102 Å². The maximum Gasteiger partial charge on any atom is 0.120 e. The van der Waals surface area contributed by atoms with E-state index in [2.05, 4.69) is 30.9 Å². The van der Waals surface area contributed by atoms with E-state index in [1.807, 2.05) is 36.4 Å². The van der Waals surface area contributed by atoms with Crippen LogP contribution in [0.25, 0.3) is 0 Å². The van der Waals surface area contributed by atoms with E-state index >= 15 is 0 Å². The van der Waals surface area contributed by atoms with Gasteiger partial charge in [0.1, 0.15) is 5.75 Å². The molecule has 0 atom stereocenters. The van der Waals surface area contributed by atoms with Gasteiger partial charge in [-0.2, -0.15) is 0 Å². The molecule has 0 radical (unpaired) electrons. The first-order valence-electron chi connectivity index (χ1n) is 5.51. The number of ether oxygens (including phenoxy) is 1. The molecule has 2 rings (SSSR count). The molecular formula is C16H14O. The molecule has 0 N–H and O–H groups in total. The summed E-state index contributed by atoms with van der Waals surface area (Å²) in [6.07, 6.45) is 0. The van der Waals surface area contributed by atoms with Crippen LogP contribution in [0.15, 0.2) is 48.5 Å². The van der Waals surface area contributed by atoms with Crippen molar-refractivity contribution in [3.05, 3.63) is 65.2 Å². The van der Waals surface area contributed by atoms with Crippen LogP contribution in [0.3, 0.4) is 0 Å². The largest absolute Gasteiger partial charge is 0.497 e. The lowest BCUT2D eigenvalue weighted by atomic mass is 10.1. The molecule has 0 spiro atoms. The van der Waals surface area contributed by atoms with Gasteiger partial charge in [0.2, 0.25) is 0 Å². The molecule has 0 amide bonds. The number of methoxy groups -OCH3 is 1. The highest BCUT2D eigenvalue weighted by molar-refractivity contribution is 5.45. The molecule has 84 valence electrons. The van der Waals surface area contributed by atoms with Crippen LogP contribution >= 0.6 is 0 Å². The van der Waals surface area contributed by atoms with E-state index in [-0.39, 0.29) is 0 Å². The summed E-state index contributed by atoms with van der Waals surface area (Å²) in [5.74, 6) is 7.11. The monoisotopic (exact) mass is 222 g/mol. The molecule has 1 nitrogen and oxygen atoms in total. The van der Waals surface area contributed by atoms with E-state index in [0.29, 0.717) is 0 Å². The second-order valence-corrected chi connectivity index (χ2v) is 3.85. The van der Waals surface area contributed by atoms with Crippen molar-refractivity contribution in [2.75, 3.05) is 7.11 Å². The summed E-state index contributed by atoms with van der Waals surface area (Å²) in [5.41, 5.74) is 3.22. The minimum atomic E-state index is 0.834. The summed E-state index contributed by atoms with van der Waals surface area (Å²) in [4.78, 5) is 0. The first-order valence-corrected chi connectivity index (χ1v) is 5.51. The predicted octanol–water partition coefficient (Wildman–Crippen LogP) is 3.40. The summed E-state index contributed by atoms with van der Waals surface area (Å²) in [6.45, 7) is 2.07. The summed E-state index contributed by atoms with van der Waals surface area (Å²) in [6, 6.07) is 15.9. The molecule has 0 saturated heterocycles. The molecule has 0 aliphatic heterocycles. The molecular weight excluding hydrogens is 208 g/mol. The number of rotatable bonds is 1. The van der Waals surface area contributed by atoms with Gasteiger partial charge in [0.05, 0.1) is 7.11 Å². The van der Waals surface area contributed by atoms with Gasteiger partial charge in [0, 0.05) is 11.1 Å². The Morgan fingerprint density at radius 2 is 1.53 bits per heavy atom. The Morgan fingerprint density at radius 3 is 2.18 bits per heavy atom. The third kappa shape index (κ3) is 3.12. The average molecular weight is 222 g/mol. The Hall–Kier alpha value is -2.20. The molecule has 0 aliphatic rings. The second-order valence-electron chi connectivity index (χ2n) is 3.85. The topological polar surface area (TPSA) is 9.23 Å². The third-order valence-corrected chi connectivity index (χ3v) is 2.44. The van der Waals surface area contributed by atoms with Crippen molar-refractivity contribution >= 4 is 0 Å². The normalized spacial score (nSPS) is 9.29. The quantitative estimate of drug-likeness (QED) is 0.672. The smallest absolute Gasteiger partial charge is 0.120 e. The summed E-state index contributed by atoms with van der Waals surface area (Å²) in [7, 11) is 1.66. The van der Waals surface area contributed by atoms with Crippen molar-refractivity contribution in [3.63, 3.8) is 0 Å². The molecule has 2 aromatic carbocycles. The lowest BCUT2D eigenvalue weighted by Crippen LogP contribution is -1.83. The van der Waals surface area contributed by atoms with Crippen molar-refractivity contribution < 1.29 is 4.74 Å². The molecule has 17 heavy (non-hydrogen) atoms. The van der Waals surface area contributed by atoms with Crippen LogP contribution in [0.4, 0.5) is 0 Å². The van der Waals surface area contributed by atoms with Gasteiger partial charge >= 0.3 is 0 Å². The minimum absolute atomic E-state index is 0.834. The van der Waals surface area contributed by atoms with Crippen molar-refractivity contribution in [2.24, 2.45) is 0 Å². The summed E-state index contributed by atoms with van der Waals surface area (Å²) >= 11 is 0. The van der Waals surface area contributed by atoms with Gasteiger partial charge in [0.25, 0.3) is 0 Å². The molecule has 0 unspecified atom stereocenters. The van der Waals surface area contributed by atoms with Gasteiger partial charge in [-0.05, 0) is 42.8 Å².